The van der Waals surface area contributed by atoms with Crippen LogP contribution in [0.4, 0.5) is 5.69 Å². The molecule has 13 nitrogen and oxygen atoms in total. The van der Waals surface area contributed by atoms with Crippen LogP contribution in [0.3, 0.4) is 0 Å². The number of Topliss-reactive ketones (excluding diaryl/α,β-unsaturated/α-hetero) is 1. The molecule has 1 aromatic carbocycles. The number of allylic oxidation sites excluding steroid dienone is 1. The number of hydrogen-bond acceptors (Lipinski definition) is 11. The number of phenols is 1. The summed E-state index contributed by atoms with van der Waals surface area (Å²) in [5, 5.41) is 43.3. The summed E-state index contributed by atoms with van der Waals surface area (Å²) in [6.45, 7) is 3.65. The number of nitrogens with one attached hydrogen (secondary N) is 2. The van der Waals surface area contributed by atoms with E-state index in [0.717, 1.165) is 32.8 Å². The molecule has 0 radical (unpaired) electrons. The number of aliphatic hydroxyl groups is 1. The lowest BCUT2D eigenvalue weighted by Crippen LogP contribution is -2.99. The maximum Gasteiger partial charge on any atom is 0.328 e. The number of carbonyl (C=O) groups excluding carboxylic acids is 5. The second kappa shape index (κ2) is 13.7. The monoisotopic (exact) mass is 670 g/mol. The van der Waals surface area contributed by atoms with E-state index in [0.29, 0.717) is 36.7 Å². The van der Waals surface area contributed by atoms with Gasteiger partial charge < -0.3 is 30.2 Å². The standard InChI is InChI=1S/C35H46N2O11/c1-33-13-10-22(38)18-21(33)5-6-23-24(33)11-14-34(2)25(23)12-15-35(34,44)29(40)19-48-31(42)9-8-30(41)36-26(32(43)47-3)16-20-4-7-28(39)27(17-20)37(45)46/h4,7,17-18,23-26,37,39,44-45H,5-6,8-16,19H2,1-3H3,(H,36,41)/t23-,24-,25+,26-,33-,34+,35-/m0/s1. The van der Waals surface area contributed by atoms with Gasteiger partial charge in [0.25, 0.3) is 0 Å². The lowest BCUT2D eigenvalue weighted by molar-refractivity contribution is -0.991. The van der Waals surface area contributed by atoms with Gasteiger partial charge in [-0.15, -0.1) is 0 Å². The number of phenolic OH excluding ortho intramolecular Hbond substituents is 1. The minimum absolute atomic E-state index is 0.0308. The van der Waals surface area contributed by atoms with E-state index in [4.69, 9.17) is 9.47 Å². The van der Waals surface area contributed by atoms with Crippen LogP contribution in [0.5, 0.6) is 5.75 Å². The fourth-order valence-electron chi connectivity index (χ4n) is 9.31. The van der Waals surface area contributed by atoms with Gasteiger partial charge >= 0.3 is 11.9 Å². The summed E-state index contributed by atoms with van der Waals surface area (Å²) >= 11 is 0. The second-order valence-corrected chi connectivity index (χ2v) is 14.4. The first-order chi connectivity index (χ1) is 22.6. The van der Waals surface area contributed by atoms with Gasteiger partial charge in [0.05, 0.1) is 13.5 Å². The fourth-order valence-corrected chi connectivity index (χ4v) is 9.31. The van der Waals surface area contributed by atoms with Crippen LogP contribution in [0.15, 0.2) is 29.8 Å². The molecule has 0 heterocycles. The van der Waals surface area contributed by atoms with Crippen molar-refractivity contribution >= 4 is 35.1 Å². The summed E-state index contributed by atoms with van der Waals surface area (Å²) < 4.78 is 9.99. The van der Waals surface area contributed by atoms with Crippen molar-refractivity contribution in [1.82, 2.24) is 5.32 Å². The number of ketones is 2. The van der Waals surface area contributed by atoms with E-state index < -0.39 is 58.3 Å². The SMILES string of the molecule is COC(=O)[C@H](Cc1ccc(O)c([NH+]([O-])O)c1)NC(=O)CCC(=O)OCC(=O)[C@@]1(O)CC[C@@H]2[C@H]3CCC4=CC(=O)CC[C@]4(C)[C@H]3CC[C@]21C. The fraction of sp³-hybridized carbons (Fsp3) is 0.629. The summed E-state index contributed by atoms with van der Waals surface area (Å²) in [6, 6.07) is 2.57. The average molecular weight is 671 g/mol. The molecular weight excluding hydrogens is 624 g/mol. The molecule has 0 aromatic heterocycles. The molecule has 0 saturated heterocycles. The van der Waals surface area contributed by atoms with Crippen molar-refractivity contribution in [2.45, 2.75) is 96.1 Å². The molecule has 1 amide bonds. The molecule has 5 rings (SSSR count). The van der Waals surface area contributed by atoms with E-state index in [1.54, 1.807) is 0 Å². The number of quaternary nitrogens is 1. The number of amides is 1. The van der Waals surface area contributed by atoms with Gasteiger partial charge in [0, 0.05) is 30.7 Å². The zero-order chi connectivity index (χ0) is 35.0. The Morgan fingerprint density at radius 2 is 1.79 bits per heavy atom. The van der Waals surface area contributed by atoms with Crippen molar-refractivity contribution in [2.75, 3.05) is 13.7 Å². The van der Waals surface area contributed by atoms with Crippen molar-refractivity contribution in [1.29, 1.82) is 0 Å². The first-order valence-electron chi connectivity index (χ1n) is 16.7. The van der Waals surface area contributed by atoms with Gasteiger partial charge in [-0.3, -0.25) is 19.2 Å². The Labute approximate surface area is 279 Å². The molecule has 5 N–H and O–H groups in total. The van der Waals surface area contributed by atoms with Crippen LogP contribution in [-0.2, 0) is 39.9 Å². The van der Waals surface area contributed by atoms with E-state index in [1.807, 2.05) is 13.0 Å². The van der Waals surface area contributed by atoms with Gasteiger partial charge in [0.2, 0.25) is 17.4 Å². The normalized spacial score (nSPS) is 32.1. The summed E-state index contributed by atoms with van der Waals surface area (Å²) in [7, 11) is 1.13. The van der Waals surface area contributed by atoms with E-state index >= 15 is 0 Å². The highest BCUT2D eigenvalue weighted by Gasteiger charge is 2.66. The molecule has 8 atom stereocenters. The number of ether oxygens (including phenoxy) is 2. The molecule has 4 aliphatic carbocycles. The molecule has 3 saturated carbocycles. The van der Waals surface area contributed by atoms with Crippen LogP contribution >= 0.6 is 0 Å². The first-order valence-corrected chi connectivity index (χ1v) is 16.7. The second-order valence-electron chi connectivity index (χ2n) is 14.4. The third-order valence-electron chi connectivity index (χ3n) is 12.0. The van der Waals surface area contributed by atoms with Gasteiger partial charge in [-0.25, -0.2) is 10.0 Å². The quantitative estimate of drug-likeness (QED) is 0.131. The van der Waals surface area contributed by atoms with Crippen molar-refractivity contribution in [3.05, 3.63) is 40.6 Å². The smallest absolute Gasteiger partial charge is 0.328 e. The van der Waals surface area contributed by atoms with Crippen LogP contribution in [0.25, 0.3) is 0 Å². The maximum atomic E-state index is 13.5. The van der Waals surface area contributed by atoms with E-state index in [1.165, 1.54) is 23.8 Å². The Bertz CT molecular complexity index is 1510. The summed E-state index contributed by atoms with van der Waals surface area (Å²) in [5.74, 6) is -2.19. The van der Waals surface area contributed by atoms with Crippen LogP contribution in [0.1, 0.15) is 83.6 Å². The zero-order valence-corrected chi connectivity index (χ0v) is 27.7. The predicted octanol–water partition coefficient (Wildman–Crippen LogP) is 2.15. The Hall–Kier alpha value is -3.65. The third kappa shape index (κ3) is 6.52. The van der Waals surface area contributed by atoms with Crippen LogP contribution < -0.4 is 10.5 Å². The van der Waals surface area contributed by atoms with Crippen molar-refractivity contribution in [2.24, 2.45) is 28.6 Å². The molecule has 13 heteroatoms. The zero-order valence-electron chi connectivity index (χ0n) is 27.7. The molecule has 262 valence electrons. The number of hydrogen-bond donors (Lipinski definition) is 5. The number of aromatic hydroxyl groups is 1. The molecule has 0 aliphatic heterocycles. The van der Waals surface area contributed by atoms with Gasteiger partial charge in [0.1, 0.15) is 11.6 Å². The van der Waals surface area contributed by atoms with Crippen LogP contribution in [0.2, 0.25) is 0 Å². The topological polar surface area (TPSA) is 204 Å². The Kier molecular flexibility index (Phi) is 10.2. The van der Waals surface area contributed by atoms with Crippen molar-refractivity contribution in [3.8, 4) is 5.75 Å². The molecule has 3 fully saturated rings. The van der Waals surface area contributed by atoms with Gasteiger partial charge in [-0.1, -0.05) is 25.5 Å². The van der Waals surface area contributed by atoms with Crippen molar-refractivity contribution < 1.29 is 54.1 Å². The maximum absolute atomic E-state index is 13.5. The number of methoxy groups -OCH3 is 1. The highest BCUT2D eigenvalue weighted by Crippen LogP contribution is 2.67. The van der Waals surface area contributed by atoms with Crippen LogP contribution in [-0.4, -0.2) is 70.2 Å². The highest BCUT2D eigenvalue weighted by atomic mass is 16.8. The number of esters is 2. The van der Waals surface area contributed by atoms with E-state index in [2.05, 4.69) is 12.2 Å². The molecule has 0 bridgehead atoms. The molecule has 1 unspecified atom stereocenters. The summed E-state index contributed by atoms with van der Waals surface area (Å²) in [6.07, 6.45) is 6.67. The Morgan fingerprint density at radius 1 is 1.06 bits per heavy atom. The number of carbonyl (C=O) groups is 5. The minimum Gasteiger partial charge on any atom is -0.595 e. The lowest BCUT2D eigenvalue weighted by Gasteiger charge is -2.58. The number of fused-ring (bicyclic) bond motifs is 5. The van der Waals surface area contributed by atoms with E-state index in [9.17, 15) is 44.6 Å². The lowest BCUT2D eigenvalue weighted by atomic mass is 9.46. The number of benzene rings is 1. The minimum atomic E-state index is -1.64. The van der Waals surface area contributed by atoms with Gasteiger partial charge in [-0.05, 0) is 85.8 Å². The summed E-state index contributed by atoms with van der Waals surface area (Å²) in [5.41, 5.74) is -1.10. The molecule has 4 aliphatic rings. The van der Waals surface area contributed by atoms with E-state index in [-0.39, 0.29) is 48.5 Å². The predicted molar refractivity (Wildman–Crippen MR) is 168 cm³/mol. The number of rotatable bonds is 11. The Balaban J connectivity index is 1.14. The largest absolute Gasteiger partial charge is 0.595 e. The van der Waals surface area contributed by atoms with Crippen molar-refractivity contribution in [3.63, 3.8) is 0 Å². The molecule has 0 spiro atoms. The molecular formula is C35H46N2O11. The third-order valence-corrected chi connectivity index (χ3v) is 12.0. The summed E-state index contributed by atoms with van der Waals surface area (Å²) in [4.78, 5) is 63.2. The Morgan fingerprint density at radius 3 is 2.50 bits per heavy atom. The van der Waals surface area contributed by atoms with Gasteiger partial charge in [-0.2, -0.15) is 5.23 Å². The average Bonchev–Trinajstić information content (AvgIpc) is 3.34. The van der Waals surface area contributed by atoms with Crippen LogP contribution in [0, 0.1) is 33.8 Å². The van der Waals surface area contributed by atoms with Gasteiger partial charge in [0.15, 0.2) is 18.1 Å². The molecule has 1 aromatic rings. The first kappa shape index (κ1) is 35.7. The highest BCUT2D eigenvalue weighted by molar-refractivity contribution is 5.92. The molecule has 48 heavy (non-hydrogen) atoms.